The number of hydrogen-bond acceptors (Lipinski definition) is 5. The zero-order valence-corrected chi connectivity index (χ0v) is 12.5. The molecule has 0 radical (unpaired) electrons. The Kier molecular flexibility index (Phi) is 4.25. The van der Waals surface area contributed by atoms with E-state index in [1.165, 1.54) is 18.9 Å². The number of anilines is 1. The Labute approximate surface area is 129 Å². The smallest absolute Gasteiger partial charge is 0.287 e. The molecule has 2 aliphatic rings. The van der Waals surface area contributed by atoms with E-state index in [0.717, 1.165) is 44.1 Å². The summed E-state index contributed by atoms with van der Waals surface area (Å²) in [5, 5.41) is 23.6. The Morgan fingerprint density at radius 3 is 2.64 bits per heavy atom. The number of nitrogens with one attached hydrogen (secondary N) is 1. The zero-order chi connectivity index (χ0) is 15.5. The van der Waals surface area contributed by atoms with Crippen molar-refractivity contribution < 1.29 is 4.92 Å². The summed E-state index contributed by atoms with van der Waals surface area (Å²) in [6.07, 6.45) is 4.88. The minimum Gasteiger partial charge on any atom is -0.371 e. The van der Waals surface area contributed by atoms with Crippen molar-refractivity contribution in [1.82, 2.24) is 5.32 Å². The van der Waals surface area contributed by atoms with Gasteiger partial charge in [0.15, 0.2) is 0 Å². The summed E-state index contributed by atoms with van der Waals surface area (Å²) in [7, 11) is 0. The minimum atomic E-state index is -0.504. The number of nitro groups is 1. The van der Waals surface area contributed by atoms with E-state index in [4.69, 9.17) is 5.26 Å². The average molecular weight is 300 g/mol. The molecule has 1 saturated carbocycles. The van der Waals surface area contributed by atoms with Gasteiger partial charge >= 0.3 is 0 Å². The molecule has 3 rings (SSSR count). The predicted octanol–water partition coefficient (Wildman–Crippen LogP) is 2.43. The van der Waals surface area contributed by atoms with Gasteiger partial charge in [-0.3, -0.25) is 10.1 Å². The van der Waals surface area contributed by atoms with Crippen LogP contribution in [0.3, 0.4) is 0 Å². The number of piperidine rings is 1. The number of nitro benzene ring substituents is 1. The molecule has 116 valence electrons. The lowest BCUT2D eigenvalue weighted by atomic mass is 10.0. The highest BCUT2D eigenvalue weighted by Crippen LogP contribution is 2.29. The number of hydrogen-bond donors (Lipinski definition) is 1. The van der Waals surface area contributed by atoms with Crippen LogP contribution in [-0.4, -0.2) is 30.6 Å². The second-order valence-electron chi connectivity index (χ2n) is 6.18. The quantitative estimate of drug-likeness (QED) is 0.667. The summed E-state index contributed by atoms with van der Waals surface area (Å²) >= 11 is 0. The van der Waals surface area contributed by atoms with Crippen molar-refractivity contribution in [1.29, 1.82) is 5.26 Å². The van der Waals surface area contributed by atoms with E-state index < -0.39 is 4.92 Å². The summed E-state index contributed by atoms with van der Waals surface area (Å²) in [5.74, 6) is 0.894. The number of nitrogens with zero attached hydrogens (tertiary/aromatic N) is 3. The molecule has 1 aliphatic carbocycles. The van der Waals surface area contributed by atoms with Gasteiger partial charge in [0, 0.05) is 30.9 Å². The second-order valence-corrected chi connectivity index (χ2v) is 6.18. The first-order chi connectivity index (χ1) is 10.7. The Morgan fingerprint density at radius 2 is 2.05 bits per heavy atom. The standard InChI is InChI=1S/C16H20N4O2/c17-10-13-9-15(3-4-16(13)20(21)22)19-7-5-14(6-8-19)18-11-12-1-2-12/h3-4,9,12,14,18H,1-2,5-8,11H2. The van der Waals surface area contributed by atoms with Crippen LogP contribution in [0.25, 0.3) is 0 Å². The molecule has 6 heteroatoms. The van der Waals surface area contributed by atoms with E-state index in [-0.39, 0.29) is 11.3 Å². The Hall–Kier alpha value is -2.13. The molecule has 2 fully saturated rings. The zero-order valence-electron chi connectivity index (χ0n) is 12.5. The SMILES string of the molecule is N#Cc1cc(N2CCC(NCC3CC3)CC2)ccc1[N+](=O)[O-]. The van der Waals surface area contributed by atoms with Gasteiger partial charge in [0.2, 0.25) is 0 Å². The average Bonchev–Trinajstić information content (AvgIpc) is 3.37. The van der Waals surface area contributed by atoms with Gasteiger partial charge in [0.05, 0.1) is 4.92 Å². The van der Waals surface area contributed by atoms with Crippen molar-refractivity contribution >= 4 is 11.4 Å². The number of rotatable bonds is 5. The molecule has 1 N–H and O–H groups in total. The van der Waals surface area contributed by atoms with Gasteiger partial charge in [-0.15, -0.1) is 0 Å². The van der Waals surface area contributed by atoms with Crippen LogP contribution >= 0.6 is 0 Å². The largest absolute Gasteiger partial charge is 0.371 e. The van der Waals surface area contributed by atoms with E-state index >= 15 is 0 Å². The van der Waals surface area contributed by atoms with Crippen LogP contribution in [0, 0.1) is 27.4 Å². The summed E-state index contributed by atoms with van der Waals surface area (Å²) in [6, 6.07) is 7.32. The molecule has 1 saturated heterocycles. The molecule has 6 nitrogen and oxygen atoms in total. The molecular formula is C16H20N4O2. The molecule has 1 aromatic rings. The van der Waals surface area contributed by atoms with Crippen molar-refractivity contribution in [3.05, 3.63) is 33.9 Å². The molecule has 0 unspecified atom stereocenters. The highest BCUT2D eigenvalue weighted by Gasteiger charge is 2.25. The van der Waals surface area contributed by atoms with Gasteiger partial charge in [0.25, 0.3) is 5.69 Å². The van der Waals surface area contributed by atoms with Gasteiger partial charge in [-0.25, -0.2) is 0 Å². The van der Waals surface area contributed by atoms with Gasteiger partial charge < -0.3 is 10.2 Å². The fourth-order valence-corrected chi connectivity index (χ4v) is 2.97. The molecule has 0 spiro atoms. The minimum absolute atomic E-state index is 0.118. The van der Waals surface area contributed by atoms with E-state index in [0.29, 0.717) is 6.04 Å². The lowest BCUT2D eigenvalue weighted by Crippen LogP contribution is -2.43. The van der Waals surface area contributed by atoms with Crippen molar-refractivity contribution in [2.24, 2.45) is 5.92 Å². The van der Waals surface area contributed by atoms with Crippen molar-refractivity contribution in [2.45, 2.75) is 31.7 Å². The van der Waals surface area contributed by atoms with Crippen LogP contribution in [0.5, 0.6) is 0 Å². The molecular weight excluding hydrogens is 280 g/mol. The maximum atomic E-state index is 10.9. The van der Waals surface area contributed by atoms with E-state index in [9.17, 15) is 10.1 Å². The normalized spacial score (nSPS) is 19.0. The third-order valence-electron chi connectivity index (χ3n) is 4.55. The third kappa shape index (κ3) is 3.37. The van der Waals surface area contributed by atoms with E-state index in [1.54, 1.807) is 12.1 Å². The summed E-state index contributed by atoms with van der Waals surface area (Å²) < 4.78 is 0. The molecule has 1 heterocycles. The lowest BCUT2D eigenvalue weighted by Gasteiger charge is -2.34. The molecule has 0 atom stereocenters. The van der Waals surface area contributed by atoms with Gasteiger partial charge in [-0.2, -0.15) is 5.26 Å². The highest BCUT2D eigenvalue weighted by molar-refractivity contribution is 5.60. The fourth-order valence-electron chi connectivity index (χ4n) is 2.97. The van der Waals surface area contributed by atoms with Crippen LogP contribution in [0.1, 0.15) is 31.2 Å². The van der Waals surface area contributed by atoms with Crippen LogP contribution in [0.4, 0.5) is 11.4 Å². The van der Waals surface area contributed by atoms with Crippen molar-refractivity contribution in [3.8, 4) is 6.07 Å². The predicted molar refractivity (Wildman–Crippen MR) is 83.8 cm³/mol. The first-order valence-corrected chi connectivity index (χ1v) is 7.84. The Morgan fingerprint density at radius 1 is 1.32 bits per heavy atom. The summed E-state index contributed by atoms with van der Waals surface area (Å²) in [6.45, 7) is 2.98. The molecule has 0 bridgehead atoms. The molecule has 0 aromatic heterocycles. The van der Waals surface area contributed by atoms with Crippen LogP contribution in [0.15, 0.2) is 18.2 Å². The Bertz CT molecular complexity index is 599. The van der Waals surface area contributed by atoms with Crippen LogP contribution in [-0.2, 0) is 0 Å². The first kappa shape index (κ1) is 14.8. The highest BCUT2D eigenvalue weighted by atomic mass is 16.6. The topological polar surface area (TPSA) is 82.2 Å². The van der Waals surface area contributed by atoms with Crippen LogP contribution in [0.2, 0.25) is 0 Å². The van der Waals surface area contributed by atoms with Crippen molar-refractivity contribution in [3.63, 3.8) is 0 Å². The monoisotopic (exact) mass is 300 g/mol. The van der Waals surface area contributed by atoms with Crippen molar-refractivity contribution in [2.75, 3.05) is 24.5 Å². The molecule has 0 amide bonds. The fraction of sp³-hybridized carbons (Fsp3) is 0.562. The van der Waals surface area contributed by atoms with Gasteiger partial charge in [-0.1, -0.05) is 0 Å². The van der Waals surface area contributed by atoms with Crippen LogP contribution < -0.4 is 10.2 Å². The first-order valence-electron chi connectivity index (χ1n) is 7.84. The van der Waals surface area contributed by atoms with E-state index in [1.807, 2.05) is 6.07 Å². The number of benzene rings is 1. The Balaban J connectivity index is 1.60. The van der Waals surface area contributed by atoms with Gasteiger partial charge in [-0.05, 0) is 50.3 Å². The summed E-state index contributed by atoms with van der Waals surface area (Å²) in [4.78, 5) is 12.6. The molecule has 1 aliphatic heterocycles. The summed E-state index contributed by atoms with van der Waals surface area (Å²) in [5.41, 5.74) is 0.923. The maximum absolute atomic E-state index is 10.9. The lowest BCUT2D eigenvalue weighted by molar-refractivity contribution is -0.385. The van der Waals surface area contributed by atoms with E-state index in [2.05, 4.69) is 10.2 Å². The number of nitriles is 1. The molecule has 1 aromatic carbocycles. The van der Waals surface area contributed by atoms with Gasteiger partial charge in [0.1, 0.15) is 11.6 Å². The maximum Gasteiger partial charge on any atom is 0.287 e. The third-order valence-corrected chi connectivity index (χ3v) is 4.55. The molecule has 22 heavy (non-hydrogen) atoms. The second kappa shape index (κ2) is 6.32.